The molecule has 0 saturated carbocycles. The molecule has 2 heterocycles. The van der Waals surface area contributed by atoms with Crippen LogP contribution in [-0.4, -0.2) is 55.1 Å². The zero-order valence-corrected chi connectivity index (χ0v) is 16.8. The molecular weight excluding hydrogens is 342 g/mol. The van der Waals surface area contributed by atoms with Crippen LogP contribution in [0.3, 0.4) is 0 Å². The van der Waals surface area contributed by atoms with E-state index in [-0.39, 0.29) is 11.5 Å². The number of piperidine rings is 1. The van der Waals surface area contributed by atoms with Gasteiger partial charge in [0.1, 0.15) is 0 Å². The van der Waals surface area contributed by atoms with Crippen LogP contribution in [0.4, 0.5) is 0 Å². The van der Waals surface area contributed by atoms with Gasteiger partial charge in [0, 0.05) is 58.5 Å². The molecule has 2 N–H and O–H groups in total. The highest BCUT2D eigenvalue weighted by atomic mass is 16.1. The Morgan fingerprint density at radius 3 is 2.63 bits per heavy atom. The molecule has 2 rings (SSSR count). The van der Waals surface area contributed by atoms with Gasteiger partial charge in [-0.1, -0.05) is 6.07 Å². The number of nitrogens with one attached hydrogen (secondary N) is 2. The Balaban J connectivity index is 1.69. The van der Waals surface area contributed by atoms with Crippen molar-refractivity contribution in [2.45, 2.75) is 45.6 Å². The lowest BCUT2D eigenvalue weighted by Crippen LogP contribution is -2.46. The van der Waals surface area contributed by atoms with Crippen molar-refractivity contribution in [3.63, 3.8) is 0 Å². The molecule has 0 radical (unpaired) electrons. The highest BCUT2D eigenvalue weighted by Gasteiger charge is 2.22. The smallest absolute Gasteiger partial charge is 0.250 e. The SMILES string of the molecule is CN=C(NCCCCn1c(C)cccc1=O)N1CCC(CC(=O)NC)CC1. The highest BCUT2D eigenvalue weighted by Crippen LogP contribution is 2.20. The van der Waals surface area contributed by atoms with Crippen LogP contribution in [0.5, 0.6) is 0 Å². The van der Waals surface area contributed by atoms with Gasteiger partial charge in [-0.3, -0.25) is 14.6 Å². The quantitative estimate of drug-likeness (QED) is 0.428. The van der Waals surface area contributed by atoms with E-state index >= 15 is 0 Å². The van der Waals surface area contributed by atoms with E-state index in [9.17, 15) is 9.59 Å². The molecule has 1 fully saturated rings. The zero-order chi connectivity index (χ0) is 19.6. The van der Waals surface area contributed by atoms with Gasteiger partial charge in [0.15, 0.2) is 5.96 Å². The van der Waals surface area contributed by atoms with Gasteiger partial charge in [-0.25, -0.2) is 0 Å². The number of unbranched alkanes of at least 4 members (excludes halogenated alkanes) is 1. The molecule has 0 bridgehead atoms. The fourth-order valence-electron chi connectivity index (χ4n) is 3.55. The molecule has 0 spiro atoms. The van der Waals surface area contributed by atoms with E-state index in [0.29, 0.717) is 12.3 Å². The van der Waals surface area contributed by atoms with E-state index in [1.54, 1.807) is 19.2 Å². The van der Waals surface area contributed by atoms with Crippen LogP contribution in [0, 0.1) is 12.8 Å². The number of carbonyl (C=O) groups excluding carboxylic acids is 1. The van der Waals surface area contributed by atoms with Crippen molar-refractivity contribution < 1.29 is 4.79 Å². The first kappa shape index (κ1) is 21.0. The molecule has 7 heteroatoms. The maximum absolute atomic E-state index is 11.9. The summed E-state index contributed by atoms with van der Waals surface area (Å²) < 4.78 is 1.83. The second kappa shape index (κ2) is 10.7. The van der Waals surface area contributed by atoms with Crippen LogP contribution in [0.2, 0.25) is 0 Å². The standard InChI is InChI=1S/C20H33N5O2/c1-16-7-6-8-19(27)25(16)12-5-4-11-23-20(22-3)24-13-9-17(10-14-24)15-18(26)21-2/h6-8,17H,4-5,9-15H2,1-3H3,(H,21,26)(H,22,23). The average molecular weight is 376 g/mol. The van der Waals surface area contributed by atoms with Crippen LogP contribution in [0.25, 0.3) is 0 Å². The lowest BCUT2D eigenvalue weighted by molar-refractivity contribution is -0.121. The molecule has 1 aliphatic rings. The number of hydrogen-bond donors (Lipinski definition) is 2. The van der Waals surface area contributed by atoms with Crippen molar-refractivity contribution in [3.05, 3.63) is 34.2 Å². The number of pyridine rings is 1. The summed E-state index contributed by atoms with van der Waals surface area (Å²) in [6.07, 6.45) is 4.58. The van der Waals surface area contributed by atoms with Gasteiger partial charge in [0.05, 0.1) is 0 Å². The van der Waals surface area contributed by atoms with Crippen LogP contribution >= 0.6 is 0 Å². The lowest BCUT2D eigenvalue weighted by atomic mass is 9.93. The molecule has 1 aromatic heterocycles. The van der Waals surface area contributed by atoms with Crippen molar-refractivity contribution in [3.8, 4) is 0 Å². The van der Waals surface area contributed by atoms with Crippen LogP contribution in [0.15, 0.2) is 28.0 Å². The maximum Gasteiger partial charge on any atom is 0.250 e. The van der Waals surface area contributed by atoms with E-state index in [2.05, 4.69) is 20.5 Å². The number of hydrogen-bond acceptors (Lipinski definition) is 3. The molecule has 1 amide bonds. The third-order valence-electron chi connectivity index (χ3n) is 5.24. The first-order valence-electron chi connectivity index (χ1n) is 9.87. The molecule has 0 unspecified atom stereocenters. The minimum absolute atomic E-state index is 0.0680. The number of carbonyl (C=O) groups is 1. The summed E-state index contributed by atoms with van der Waals surface area (Å²) in [5.74, 6) is 1.52. The Hall–Kier alpha value is -2.31. The number of nitrogens with zero attached hydrogens (tertiary/aromatic N) is 3. The first-order chi connectivity index (χ1) is 13.0. The van der Waals surface area contributed by atoms with Gasteiger partial charge >= 0.3 is 0 Å². The Morgan fingerprint density at radius 2 is 2.00 bits per heavy atom. The molecule has 0 aromatic carbocycles. The Bertz CT molecular complexity index is 690. The van der Waals surface area contributed by atoms with Crippen molar-refractivity contribution in [1.82, 2.24) is 20.1 Å². The number of guanidine groups is 1. The Kier molecular flexibility index (Phi) is 8.36. The van der Waals surface area contributed by atoms with Crippen molar-refractivity contribution in [2.75, 3.05) is 33.7 Å². The predicted octanol–water partition coefficient (Wildman–Crippen LogP) is 1.36. The van der Waals surface area contributed by atoms with Gasteiger partial charge in [-0.15, -0.1) is 0 Å². The van der Waals surface area contributed by atoms with E-state index in [0.717, 1.165) is 63.5 Å². The molecular formula is C20H33N5O2. The normalized spacial score (nSPS) is 15.7. The summed E-state index contributed by atoms with van der Waals surface area (Å²) in [7, 11) is 3.50. The maximum atomic E-state index is 11.9. The van der Waals surface area contributed by atoms with Crippen molar-refractivity contribution in [2.24, 2.45) is 10.9 Å². The van der Waals surface area contributed by atoms with Gasteiger partial charge in [0.2, 0.25) is 5.91 Å². The molecule has 7 nitrogen and oxygen atoms in total. The number of amides is 1. The third-order valence-corrected chi connectivity index (χ3v) is 5.24. The second-order valence-corrected chi connectivity index (χ2v) is 7.15. The Labute approximate surface area is 161 Å². The van der Waals surface area contributed by atoms with E-state index < -0.39 is 0 Å². The van der Waals surface area contributed by atoms with E-state index in [1.807, 2.05) is 24.6 Å². The van der Waals surface area contributed by atoms with Gasteiger partial charge in [-0.05, 0) is 44.6 Å². The van der Waals surface area contributed by atoms with Crippen molar-refractivity contribution in [1.29, 1.82) is 0 Å². The number of aryl methyl sites for hydroxylation is 1. The molecule has 1 aromatic rings. The molecule has 1 aliphatic heterocycles. The molecule has 1 saturated heterocycles. The summed E-state index contributed by atoms with van der Waals surface area (Å²) >= 11 is 0. The summed E-state index contributed by atoms with van der Waals surface area (Å²) in [6.45, 7) is 5.41. The number of likely N-dealkylation sites (tertiary alicyclic amines) is 1. The molecule has 0 aliphatic carbocycles. The average Bonchev–Trinajstić information content (AvgIpc) is 2.67. The van der Waals surface area contributed by atoms with Crippen LogP contribution < -0.4 is 16.2 Å². The minimum Gasteiger partial charge on any atom is -0.359 e. The van der Waals surface area contributed by atoms with E-state index in [1.165, 1.54) is 0 Å². The predicted molar refractivity (Wildman–Crippen MR) is 109 cm³/mol. The molecule has 150 valence electrons. The third kappa shape index (κ3) is 6.41. The topological polar surface area (TPSA) is 78.7 Å². The monoisotopic (exact) mass is 375 g/mol. The highest BCUT2D eigenvalue weighted by molar-refractivity contribution is 5.80. The summed E-state index contributed by atoms with van der Waals surface area (Å²) in [6, 6.07) is 5.38. The Morgan fingerprint density at radius 1 is 1.26 bits per heavy atom. The van der Waals surface area contributed by atoms with Gasteiger partial charge in [0.25, 0.3) is 5.56 Å². The summed E-state index contributed by atoms with van der Waals surface area (Å²) in [4.78, 5) is 30.1. The number of rotatable bonds is 7. The summed E-state index contributed by atoms with van der Waals surface area (Å²) in [5.41, 5.74) is 1.07. The summed E-state index contributed by atoms with van der Waals surface area (Å²) in [5, 5.41) is 6.14. The van der Waals surface area contributed by atoms with Crippen LogP contribution in [-0.2, 0) is 11.3 Å². The fraction of sp³-hybridized carbons (Fsp3) is 0.650. The van der Waals surface area contributed by atoms with Crippen LogP contribution in [0.1, 0.15) is 37.8 Å². The van der Waals surface area contributed by atoms with Crippen molar-refractivity contribution >= 4 is 11.9 Å². The van der Waals surface area contributed by atoms with E-state index in [4.69, 9.17) is 0 Å². The van der Waals surface area contributed by atoms with Gasteiger partial charge < -0.3 is 20.1 Å². The largest absolute Gasteiger partial charge is 0.359 e. The second-order valence-electron chi connectivity index (χ2n) is 7.15. The van der Waals surface area contributed by atoms with Gasteiger partial charge in [-0.2, -0.15) is 0 Å². The fourth-order valence-corrected chi connectivity index (χ4v) is 3.55. The number of aromatic nitrogens is 1. The number of aliphatic imine (C=N–C) groups is 1. The molecule has 0 atom stereocenters. The zero-order valence-electron chi connectivity index (χ0n) is 16.8. The first-order valence-corrected chi connectivity index (χ1v) is 9.87. The lowest BCUT2D eigenvalue weighted by Gasteiger charge is -2.34. The molecule has 27 heavy (non-hydrogen) atoms. The minimum atomic E-state index is 0.0680.